The van der Waals surface area contributed by atoms with Crippen molar-refractivity contribution in [2.75, 3.05) is 7.11 Å². The second-order valence-electron chi connectivity index (χ2n) is 4.93. The van der Waals surface area contributed by atoms with E-state index in [-0.39, 0.29) is 18.0 Å². The van der Waals surface area contributed by atoms with Gasteiger partial charge in [0.05, 0.1) is 24.9 Å². The van der Waals surface area contributed by atoms with Crippen molar-refractivity contribution in [3.05, 3.63) is 54.1 Å². The molecule has 3 aromatic rings. The Bertz CT molecular complexity index is 936. The van der Waals surface area contributed by atoms with Gasteiger partial charge >= 0.3 is 5.97 Å². The maximum atomic E-state index is 13.5. The fourth-order valence-corrected chi connectivity index (χ4v) is 2.15. The van der Waals surface area contributed by atoms with Crippen LogP contribution in [0.2, 0.25) is 0 Å². The summed E-state index contributed by atoms with van der Waals surface area (Å²) in [7, 11) is 1.27. The Balaban J connectivity index is 2.07. The summed E-state index contributed by atoms with van der Waals surface area (Å²) in [5.41, 5.74) is 1.15. The van der Waals surface area contributed by atoms with E-state index in [0.29, 0.717) is 17.0 Å². The molecular formula is C16H13FN4O3. The van der Waals surface area contributed by atoms with E-state index in [9.17, 15) is 14.3 Å². The van der Waals surface area contributed by atoms with E-state index in [1.165, 1.54) is 42.0 Å². The predicted molar refractivity (Wildman–Crippen MR) is 83.2 cm³/mol. The van der Waals surface area contributed by atoms with Crippen LogP contribution in [0.4, 0.5) is 15.9 Å². The molecule has 0 fully saturated rings. The number of carbonyl (C=O) groups is 1. The van der Waals surface area contributed by atoms with Crippen LogP contribution in [-0.2, 0) is 16.0 Å². The number of phenolic OH excluding ortho intramolecular Hbond substituents is 1. The molecule has 0 unspecified atom stereocenters. The first kappa shape index (κ1) is 15.6. The van der Waals surface area contributed by atoms with E-state index < -0.39 is 11.8 Å². The van der Waals surface area contributed by atoms with Gasteiger partial charge in [0.2, 0.25) is 0 Å². The van der Waals surface area contributed by atoms with Gasteiger partial charge in [0, 0.05) is 12.3 Å². The molecule has 0 aliphatic heterocycles. The van der Waals surface area contributed by atoms with Crippen molar-refractivity contribution in [3.8, 4) is 5.75 Å². The van der Waals surface area contributed by atoms with E-state index in [1.807, 2.05) is 0 Å². The first-order chi connectivity index (χ1) is 11.6. The van der Waals surface area contributed by atoms with E-state index in [4.69, 9.17) is 0 Å². The van der Waals surface area contributed by atoms with Crippen LogP contribution in [0, 0.1) is 5.82 Å². The molecule has 3 rings (SSSR count). The Morgan fingerprint density at radius 1 is 1.33 bits per heavy atom. The average Bonchev–Trinajstić information content (AvgIpc) is 2.89. The summed E-state index contributed by atoms with van der Waals surface area (Å²) in [4.78, 5) is 15.8. The standard InChI is InChI=1S/C16H13FN4O3/c1-24-15(23)8-13-16(20-19-11-3-2-4-12(22)7-11)21-9-10(17)5-6-14(21)18-13/h2-7,9,22H,8H2,1H3. The van der Waals surface area contributed by atoms with Crippen LogP contribution in [-0.4, -0.2) is 27.6 Å². The fraction of sp³-hybridized carbons (Fsp3) is 0.125. The number of aromatic nitrogens is 2. The van der Waals surface area contributed by atoms with Crippen LogP contribution in [0.15, 0.2) is 52.8 Å². The molecule has 0 atom stereocenters. The number of phenols is 1. The molecule has 0 saturated heterocycles. The Labute approximate surface area is 136 Å². The lowest BCUT2D eigenvalue weighted by molar-refractivity contribution is -0.139. The third-order valence-electron chi connectivity index (χ3n) is 3.26. The van der Waals surface area contributed by atoms with Gasteiger partial charge in [-0.15, -0.1) is 10.2 Å². The number of hydrogen-bond donors (Lipinski definition) is 1. The van der Waals surface area contributed by atoms with Gasteiger partial charge in [-0.3, -0.25) is 9.20 Å². The zero-order chi connectivity index (χ0) is 17.1. The lowest BCUT2D eigenvalue weighted by Crippen LogP contribution is -2.04. The van der Waals surface area contributed by atoms with Crippen LogP contribution in [0.25, 0.3) is 5.65 Å². The largest absolute Gasteiger partial charge is 0.508 e. The summed E-state index contributed by atoms with van der Waals surface area (Å²) in [5, 5.41) is 17.5. The summed E-state index contributed by atoms with van der Waals surface area (Å²) < 4.78 is 19.6. The second-order valence-corrected chi connectivity index (χ2v) is 4.93. The lowest BCUT2D eigenvalue weighted by Gasteiger charge is -1.99. The summed E-state index contributed by atoms with van der Waals surface area (Å²) >= 11 is 0. The molecule has 0 radical (unpaired) electrons. The molecule has 1 aromatic carbocycles. The monoisotopic (exact) mass is 328 g/mol. The minimum Gasteiger partial charge on any atom is -0.508 e. The van der Waals surface area contributed by atoms with Gasteiger partial charge < -0.3 is 9.84 Å². The number of aromatic hydroxyl groups is 1. The quantitative estimate of drug-likeness (QED) is 0.588. The van der Waals surface area contributed by atoms with Gasteiger partial charge in [-0.2, -0.15) is 0 Å². The molecule has 0 bridgehead atoms. The number of nitrogens with zero attached hydrogens (tertiary/aromatic N) is 4. The van der Waals surface area contributed by atoms with Crippen molar-refractivity contribution in [2.45, 2.75) is 6.42 Å². The summed E-state index contributed by atoms with van der Waals surface area (Å²) in [5.74, 6) is -0.699. The van der Waals surface area contributed by atoms with Crippen LogP contribution < -0.4 is 0 Å². The number of rotatable bonds is 4. The Morgan fingerprint density at radius 2 is 2.17 bits per heavy atom. The molecule has 8 heteroatoms. The van der Waals surface area contributed by atoms with Gasteiger partial charge in [0.25, 0.3) is 0 Å². The smallest absolute Gasteiger partial charge is 0.311 e. The van der Waals surface area contributed by atoms with Crippen molar-refractivity contribution >= 4 is 23.1 Å². The van der Waals surface area contributed by atoms with Crippen molar-refractivity contribution in [2.24, 2.45) is 10.2 Å². The number of ether oxygens (including phenoxy) is 1. The van der Waals surface area contributed by atoms with E-state index in [1.54, 1.807) is 12.1 Å². The minimum atomic E-state index is -0.493. The average molecular weight is 328 g/mol. The van der Waals surface area contributed by atoms with E-state index in [2.05, 4.69) is 19.9 Å². The molecule has 1 N–H and O–H groups in total. The molecule has 0 spiro atoms. The van der Waals surface area contributed by atoms with Crippen LogP contribution >= 0.6 is 0 Å². The van der Waals surface area contributed by atoms with E-state index >= 15 is 0 Å². The highest BCUT2D eigenvalue weighted by Crippen LogP contribution is 2.26. The van der Waals surface area contributed by atoms with Crippen LogP contribution in [0.5, 0.6) is 5.75 Å². The third kappa shape index (κ3) is 3.22. The number of benzene rings is 1. The van der Waals surface area contributed by atoms with Gasteiger partial charge in [-0.25, -0.2) is 9.37 Å². The number of imidazole rings is 1. The number of pyridine rings is 1. The molecule has 122 valence electrons. The maximum absolute atomic E-state index is 13.5. The topological polar surface area (TPSA) is 88.5 Å². The van der Waals surface area contributed by atoms with Crippen molar-refractivity contribution in [3.63, 3.8) is 0 Å². The van der Waals surface area contributed by atoms with Gasteiger partial charge in [0.15, 0.2) is 5.82 Å². The third-order valence-corrected chi connectivity index (χ3v) is 3.26. The molecular weight excluding hydrogens is 315 g/mol. The van der Waals surface area contributed by atoms with Gasteiger partial charge in [0.1, 0.15) is 17.2 Å². The molecule has 0 aliphatic rings. The molecule has 0 aliphatic carbocycles. The zero-order valence-electron chi connectivity index (χ0n) is 12.7. The first-order valence-electron chi connectivity index (χ1n) is 7.01. The molecule has 0 amide bonds. The highest BCUT2D eigenvalue weighted by atomic mass is 19.1. The summed E-state index contributed by atoms with van der Waals surface area (Å²) in [6, 6.07) is 8.93. The van der Waals surface area contributed by atoms with Crippen LogP contribution in [0.3, 0.4) is 0 Å². The van der Waals surface area contributed by atoms with Crippen molar-refractivity contribution < 1.29 is 19.0 Å². The number of halogens is 1. The normalized spacial score (nSPS) is 11.2. The minimum absolute atomic E-state index is 0.0467. The fourth-order valence-electron chi connectivity index (χ4n) is 2.15. The molecule has 2 heterocycles. The van der Waals surface area contributed by atoms with Crippen molar-refractivity contribution in [1.29, 1.82) is 0 Å². The van der Waals surface area contributed by atoms with Crippen LogP contribution in [0.1, 0.15) is 5.69 Å². The van der Waals surface area contributed by atoms with Crippen molar-refractivity contribution in [1.82, 2.24) is 9.38 Å². The maximum Gasteiger partial charge on any atom is 0.311 e. The van der Waals surface area contributed by atoms with E-state index in [0.717, 1.165) is 0 Å². The number of esters is 1. The second kappa shape index (κ2) is 6.45. The highest BCUT2D eigenvalue weighted by molar-refractivity contribution is 5.74. The summed E-state index contributed by atoms with van der Waals surface area (Å²) in [6.45, 7) is 0. The molecule has 24 heavy (non-hydrogen) atoms. The number of hydrogen-bond acceptors (Lipinski definition) is 6. The lowest BCUT2D eigenvalue weighted by atomic mass is 10.3. The number of methoxy groups -OCH3 is 1. The molecule has 2 aromatic heterocycles. The molecule has 0 saturated carbocycles. The zero-order valence-corrected chi connectivity index (χ0v) is 12.7. The Morgan fingerprint density at radius 3 is 2.92 bits per heavy atom. The molecule has 7 nitrogen and oxygen atoms in total. The van der Waals surface area contributed by atoms with Gasteiger partial charge in [-0.05, 0) is 24.3 Å². The predicted octanol–water partition coefficient (Wildman–Crippen LogP) is 3.31. The number of carbonyl (C=O) groups excluding carboxylic acids is 1. The summed E-state index contributed by atoms with van der Waals surface area (Å²) in [6.07, 6.45) is 1.09. The first-order valence-corrected chi connectivity index (χ1v) is 7.01. The SMILES string of the molecule is COC(=O)Cc1nc2ccc(F)cn2c1N=Nc1cccc(O)c1. The Hall–Kier alpha value is -3.29. The van der Waals surface area contributed by atoms with Gasteiger partial charge in [-0.1, -0.05) is 6.07 Å². The number of fused-ring (bicyclic) bond motifs is 1. The highest BCUT2D eigenvalue weighted by Gasteiger charge is 2.16. The Kier molecular flexibility index (Phi) is 4.19. The number of azo groups is 1.